The van der Waals surface area contributed by atoms with Crippen molar-refractivity contribution in [3.63, 3.8) is 0 Å². The van der Waals surface area contributed by atoms with E-state index in [1.807, 2.05) is 17.5 Å². The van der Waals surface area contributed by atoms with E-state index in [-0.39, 0.29) is 0 Å². The smallest absolute Gasteiger partial charge is 0.0883 e. The summed E-state index contributed by atoms with van der Waals surface area (Å²) in [5.41, 5.74) is 7.42. The fourth-order valence-corrected chi connectivity index (χ4v) is 8.10. The summed E-state index contributed by atoms with van der Waals surface area (Å²) < 4.78 is 2.71. The van der Waals surface area contributed by atoms with Crippen molar-refractivity contribution in [3.05, 3.63) is 143 Å². The van der Waals surface area contributed by atoms with E-state index >= 15 is 0 Å². The van der Waals surface area contributed by atoms with Gasteiger partial charge in [-0.05, 0) is 63.8 Å². The molecule has 2 heteroatoms. The molecule has 0 bridgehead atoms. The van der Waals surface area contributed by atoms with Gasteiger partial charge in [0.1, 0.15) is 0 Å². The number of thiophene rings is 1. The predicted molar refractivity (Wildman–Crippen MR) is 157 cm³/mol. The second kappa shape index (κ2) is 7.74. The molecule has 0 fully saturated rings. The fourth-order valence-electron chi connectivity index (χ4n) is 6.94. The first kappa shape index (κ1) is 21.1. The molecule has 8 rings (SSSR count). The Morgan fingerprint density at radius 1 is 0.757 bits per heavy atom. The van der Waals surface area contributed by atoms with Crippen molar-refractivity contribution in [2.24, 2.45) is 5.92 Å². The van der Waals surface area contributed by atoms with Gasteiger partial charge in [0.2, 0.25) is 0 Å². The fraction of sp³-hybridized carbons (Fsp3) is 0.114. The van der Waals surface area contributed by atoms with Gasteiger partial charge in [0.05, 0.1) is 11.1 Å². The first-order valence-corrected chi connectivity index (χ1v) is 13.9. The first-order chi connectivity index (χ1) is 18.3. The standard InChI is InChI=1S/C35H25NS/c1-22-11-10-17-28-31(22)27-21-30-32(25-16-8-9-18-29(25)37-30)26-19-20-36-34(33(26)27)35(28,23-12-4-2-5-13-23)24-14-6-3-7-15-24/h2-10,12-22H,11H2,1H3. The van der Waals surface area contributed by atoms with Crippen LogP contribution in [0.5, 0.6) is 0 Å². The number of allylic oxidation sites excluding steroid dienone is 4. The lowest BCUT2D eigenvalue weighted by molar-refractivity contribution is 0.674. The summed E-state index contributed by atoms with van der Waals surface area (Å²) >= 11 is 1.91. The number of pyridine rings is 1. The molecular formula is C35H25NS. The number of fused-ring (bicyclic) bond motifs is 5. The van der Waals surface area contributed by atoms with Gasteiger partial charge in [-0.2, -0.15) is 0 Å². The van der Waals surface area contributed by atoms with Gasteiger partial charge in [-0.3, -0.25) is 4.98 Å². The molecule has 0 amide bonds. The van der Waals surface area contributed by atoms with E-state index in [2.05, 4.69) is 116 Å². The summed E-state index contributed by atoms with van der Waals surface area (Å²) in [6.45, 7) is 2.39. The molecular weight excluding hydrogens is 466 g/mol. The molecule has 0 spiro atoms. The van der Waals surface area contributed by atoms with E-state index < -0.39 is 5.41 Å². The van der Waals surface area contributed by atoms with E-state index in [0.717, 1.165) is 12.1 Å². The lowest BCUT2D eigenvalue weighted by Crippen LogP contribution is -2.37. The summed E-state index contributed by atoms with van der Waals surface area (Å²) in [5.74, 6) is 0.426. The average Bonchev–Trinajstić information content (AvgIpc) is 3.33. The van der Waals surface area contributed by atoms with Crippen molar-refractivity contribution in [2.45, 2.75) is 18.8 Å². The molecule has 2 heterocycles. The zero-order chi connectivity index (χ0) is 24.6. The van der Waals surface area contributed by atoms with Crippen LogP contribution in [0.15, 0.2) is 121 Å². The van der Waals surface area contributed by atoms with E-state index in [4.69, 9.17) is 4.98 Å². The average molecular weight is 492 g/mol. The molecule has 6 aromatic rings. The summed E-state index contributed by atoms with van der Waals surface area (Å²) in [4.78, 5) is 5.27. The molecule has 1 atom stereocenters. The van der Waals surface area contributed by atoms with Gasteiger partial charge in [0, 0.05) is 31.8 Å². The molecule has 2 aliphatic rings. The number of hydrogen-bond acceptors (Lipinski definition) is 2. The predicted octanol–water partition coefficient (Wildman–Crippen LogP) is 9.30. The van der Waals surface area contributed by atoms with Crippen LogP contribution in [0.4, 0.5) is 0 Å². The van der Waals surface area contributed by atoms with E-state index in [9.17, 15) is 0 Å². The molecule has 0 saturated carbocycles. The highest BCUT2D eigenvalue weighted by Crippen LogP contribution is 2.58. The van der Waals surface area contributed by atoms with Crippen LogP contribution in [0, 0.1) is 5.92 Å². The Morgan fingerprint density at radius 3 is 2.22 bits per heavy atom. The van der Waals surface area contributed by atoms with E-state index in [0.29, 0.717) is 5.92 Å². The van der Waals surface area contributed by atoms with Gasteiger partial charge in [0.15, 0.2) is 0 Å². The Balaban J connectivity index is 1.65. The zero-order valence-corrected chi connectivity index (χ0v) is 21.4. The Labute approximate surface area is 220 Å². The molecule has 0 aliphatic heterocycles. The number of rotatable bonds is 2. The molecule has 0 saturated heterocycles. The van der Waals surface area contributed by atoms with Crippen molar-refractivity contribution in [2.75, 3.05) is 0 Å². The maximum absolute atomic E-state index is 5.27. The molecule has 4 aromatic carbocycles. The largest absolute Gasteiger partial charge is 0.259 e. The highest BCUT2D eigenvalue weighted by atomic mass is 32.1. The lowest BCUT2D eigenvalue weighted by Gasteiger charge is -2.44. The summed E-state index contributed by atoms with van der Waals surface area (Å²) in [6.07, 6.45) is 7.86. The number of hydrogen-bond donors (Lipinski definition) is 0. The molecule has 2 aliphatic carbocycles. The minimum Gasteiger partial charge on any atom is -0.259 e. The first-order valence-electron chi connectivity index (χ1n) is 13.0. The second-order valence-corrected chi connectivity index (χ2v) is 11.4. The van der Waals surface area contributed by atoms with Crippen molar-refractivity contribution in [1.29, 1.82) is 0 Å². The maximum Gasteiger partial charge on any atom is 0.0883 e. The van der Waals surface area contributed by atoms with Crippen LogP contribution in [-0.2, 0) is 5.41 Å². The van der Waals surface area contributed by atoms with Crippen LogP contribution in [0.25, 0.3) is 36.5 Å². The zero-order valence-electron chi connectivity index (χ0n) is 20.6. The van der Waals surface area contributed by atoms with Gasteiger partial charge in [-0.15, -0.1) is 11.3 Å². The number of benzene rings is 4. The molecule has 0 radical (unpaired) electrons. The summed E-state index contributed by atoms with van der Waals surface area (Å²) in [7, 11) is 0. The minimum absolute atomic E-state index is 0.426. The Kier molecular flexibility index (Phi) is 4.42. The number of nitrogens with zero attached hydrogens (tertiary/aromatic N) is 1. The van der Waals surface area contributed by atoms with Crippen molar-refractivity contribution >= 4 is 47.9 Å². The second-order valence-electron chi connectivity index (χ2n) is 10.3. The monoisotopic (exact) mass is 491 g/mol. The molecule has 2 aromatic heterocycles. The van der Waals surface area contributed by atoms with Crippen LogP contribution < -0.4 is 0 Å². The maximum atomic E-state index is 5.27. The third-order valence-corrected chi connectivity index (χ3v) is 9.53. The van der Waals surface area contributed by atoms with Gasteiger partial charge < -0.3 is 0 Å². The molecule has 176 valence electrons. The van der Waals surface area contributed by atoms with Gasteiger partial charge >= 0.3 is 0 Å². The van der Waals surface area contributed by atoms with Crippen LogP contribution in [-0.4, -0.2) is 4.98 Å². The van der Waals surface area contributed by atoms with E-state index in [1.54, 1.807) is 0 Å². The third kappa shape index (κ3) is 2.71. The Morgan fingerprint density at radius 2 is 1.46 bits per heavy atom. The lowest BCUT2D eigenvalue weighted by atomic mass is 9.58. The highest BCUT2D eigenvalue weighted by molar-refractivity contribution is 7.26. The highest BCUT2D eigenvalue weighted by Gasteiger charge is 2.47. The van der Waals surface area contributed by atoms with Crippen LogP contribution in [0.1, 0.15) is 35.7 Å². The van der Waals surface area contributed by atoms with Gasteiger partial charge in [-0.25, -0.2) is 0 Å². The summed E-state index contributed by atoms with van der Waals surface area (Å²) in [5, 5.41) is 5.33. The topological polar surface area (TPSA) is 12.9 Å². The number of aromatic nitrogens is 1. The molecule has 0 N–H and O–H groups in total. The Bertz CT molecular complexity index is 1870. The van der Waals surface area contributed by atoms with Gasteiger partial charge in [0.25, 0.3) is 0 Å². The quantitative estimate of drug-likeness (QED) is 0.235. The SMILES string of the molecule is CC1CC=CC2=C1c1cc3sc4ccccc4c3c3ccnc(c13)C2(c1ccccc1)c1ccccc1. The minimum atomic E-state index is -0.477. The molecule has 1 nitrogen and oxygen atoms in total. The molecule has 37 heavy (non-hydrogen) atoms. The normalized spacial score (nSPS) is 18.0. The molecule has 1 unspecified atom stereocenters. The van der Waals surface area contributed by atoms with Crippen molar-refractivity contribution in [1.82, 2.24) is 4.98 Å². The van der Waals surface area contributed by atoms with Crippen LogP contribution in [0.3, 0.4) is 0 Å². The van der Waals surface area contributed by atoms with Crippen LogP contribution >= 0.6 is 11.3 Å². The Hall–Kier alpha value is -4.01. The van der Waals surface area contributed by atoms with E-state index in [1.165, 1.54) is 58.8 Å². The van der Waals surface area contributed by atoms with Crippen LogP contribution in [0.2, 0.25) is 0 Å². The third-order valence-electron chi connectivity index (χ3n) is 8.41. The van der Waals surface area contributed by atoms with Crippen molar-refractivity contribution in [3.8, 4) is 0 Å². The van der Waals surface area contributed by atoms with Crippen molar-refractivity contribution < 1.29 is 0 Å². The summed E-state index contributed by atoms with van der Waals surface area (Å²) in [6, 6.07) is 35.6. The van der Waals surface area contributed by atoms with Gasteiger partial charge in [-0.1, -0.05) is 97.9 Å².